The van der Waals surface area contributed by atoms with Crippen LogP contribution in [0, 0.1) is 23.2 Å². The summed E-state index contributed by atoms with van der Waals surface area (Å²) in [7, 11) is -8.22. The van der Waals surface area contributed by atoms with E-state index in [4.69, 9.17) is 24.6 Å². The van der Waals surface area contributed by atoms with Crippen molar-refractivity contribution in [1.29, 1.82) is 5.26 Å². The number of nitrogens with zero attached hydrogens (tertiary/aromatic N) is 5. The van der Waals surface area contributed by atoms with E-state index >= 15 is 0 Å². The molecule has 2 amide bonds. The Balaban J connectivity index is 0.000000241. The Morgan fingerprint density at radius 3 is 1.39 bits per heavy atom. The van der Waals surface area contributed by atoms with Gasteiger partial charge in [-0.2, -0.15) is 18.6 Å². The minimum Gasteiger partial charge on any atom is -0.387 e. The van der Waals surface area contributed by atoms with Crippen molar-refractivity contribution in [3.63, 3.8) is 0 Å². The number of nitrogens with one attached hydrogen (secondary N) is 2. The third kappa shape index (κ3) is 12.3. The normalized spacial score (nSPS) is 15.4. The van der Waals surface area contributed by atoms with Crippen LogP contribution in [0.1, 0.15) is 152 Å². The van der Waals surface area contributed by atoms with Gasteiger partial charge < -0.3 is 29.7 Å². The first-order valence-electron chi connectivity index (χ1n) is 21.4. The zero-order valence-corrected chi connectivity index (χ0v) is 40.9. The predicted octanol–water partition coefficient (Wildman–Crippen LogP) is 6.84. The first kappa shape index (κ1) is 53.6. The summed E-state index contributed by atoms with van der Waals surface area (Å²) in [5.74, 6) is -0.176. The van der Waals surface area contributed by atoms with Crippen LogP contribution in [0.4, 0.5) is 19.3 Å². The van der Waals surface area contributed by atoms with E-state index in [-0.39, 0.29) is 73.0 Å². The first-order valence-corrected chi connectivity index (χ1v) is 24.4. The maximum atomic E-state index is 14.1. The Hall–Kier alpha value is -5.02. The number of benzene rings is 2. The second-order valence-corrected chi connectivity index (χ2v) is 21.3. The molecule has 66 heavy (non-hydrogen) atoms. The molecule has 6 N–H and O–H groups in total. The fourth-order valence-corrected chi connectivity index (χ4v) is 8.40. The second kappa shape index (κ2) is 20.9. The number of aliphatic hydroxyl groups is 2. The predicted molar refractivity (Wildman–Crippen MR) is 241 cm³/mol. The average Bonchev–Trinajstić information content (AvgIpc) is 3.85. The maximum Gasteiger partial charge on any atom is 0.333 e. The molecule has 0 spiro atoms. The summed E-state index contributed by atoms with van der Waals surface area (Å²) >= 11 is 0. The maximum absolute atomic E-state index is 14.1. The van der Waals surface area contributed by atoms with Gasteiger partial charge in [0.2, 0.25) is 0 Å². The Morgan fingerprint density at radius 1 is 0.712 bits per heavy atom. The number of sulfonamides is 2. The lowest BCUT2D eigenvalue weighted by atomic mass is 9.92. The fourth-order valence-electron chi connectivity index (χ4n) is 7.06. The number of urea groups is 1. The van der Waals surface area contributed by atoms with Crippen molar-refractivity contribution >= 4 is 31.8 Å². The molecule has 0 atom stereocenters. The molecule has 2 aromatic carbocycles. The summed E-state index contributed by atoms with van der Waals surface area (Å²) in [4.78, 5) is 12.7. The van der Waals surface area contributed by atoms with Gasteiger partial charge in [0.15, 0.2) is 21.3 Å². The summed E-state index contributed by atoms with van der Waals surface area (Å²) in [5, 5.41) is 44.5. The van der Waals surface area contributed by atoms with E-state index in [1.807, 2.05) is 74.0 Å². The lowest BCUT2D eigenvalue weighted by molar-refractivity contribution is -0.189. The SMILES string of the molecule is CC(C)c1cc(F)cc(C(C)C)c1NC(=O)NS(=O)(=O)c1cc(C2(O)COC2)n(C(C)C)n1.CC(C)c1cc(F)cc(C(C)C)c1OC#N.CC(C)n1nc(S(N)(=O)=O)cc1C1(O)COC1. The highest BCUT2D eigenvalue weighted by Crippen LogP contribution is 2.37. The van der Waals surface area contributed by atoms with Crippen LogP contribution in [-0.2, 0) is 40.7 Å². The molecule has 4 aromatic rings. The number of nitriles is 1. The van der Waals surface area contributed by atoms with Crippen LogP contribution >= 0.6 is 0 Å². The van der Waals surface area contributed by atoms with Gasteiger partial charge in [0.1, 0.15) is 17.4 Å². The van der Waals surface area contributed by atoms with E-state index in [2.05, 4.69) is 15.5 Å². The summed E-state index contributed by atoms with van der Waals surface area (Å²) in [6, 6.07) is 6.78. The quantitative estimate of drug-likeness (QED) is 0.0861. The van der Waals surface area contributed by atoms with E-state index in [9.17, 15) is 40.6 Å². The van der Waals surface area contributed by atoms with Crippen LogP contribution < -0.4 is 19.9 Å². The minimum absolute atomic E-state index is 0.0271. The van der Waals surface area contributed by atoms with Gasteiger partial charge in [0.05, 0.1) is 37.8 Å². The molecule has 0 radical (unpaired) electrons. The lowest BCUT2D eigenvalue weighted by Crippen LogP contribution is -2.48. The smallest absolute Gasteiger partial charge is 0.333 e. The van der Waals surface area contributed by atoms with Crippen LogP contribution in [0.25, 0.3) is 0 Å². The Bertz CT molecular complexity index is 2590. The molecule has 0 aliphatic carbocycles. The number of aromatic nitrogens is 4. The number of hydrogen-bond donors (Lipinski definition) is 5. The van der Waals surface area contributed by atoms with Crippen molar-refractivity contribution in [3.05, 3.63) is 81.7 Å². The highest BCUT2D eigenvalue weighted by atomic mass is 32.2. The number of hydrogen-bond acceptors (Lipinski definition) is 13. The van der Waals surface area contributed by atoms with Crippen molar-refractivity contribution < 1.29 is 54.8 Å². The Kier molecular flexibility index (Phi) is 16.9. The van der Waals surface area contributed by atoms with Crippen molar-refractivity contribution in [2.75, 3.05) is 31.7 Å². The third-order valence-electron chi connectivity index (χ3n) is 10.7. The molecule has 2 aromatic heterocycles. The molecule has 2 fully saturated rings. The summed E-state index contributed by atoms with van der Waals surface area (Å²) in [6.45, 7) is 22.8. The highest BCUT2D eigenvalue weighted by molar-refractivity contribution is 7.90. The zero-order valence-electron chi connectivity index (χ0n) is 39.3. The Labute approximate surface area is 385 Å². The van der Waals surface area contributed by atoms with Crippen LogP contribution in [-0.4, -0.2) is 79.1 Å². The van der Waals surface area contributed by atoms with Gasteiger partial charge >= 0.3 is 6.03 Å². The number of amides is 2. The molecule has 2 aliphatic rings. The van der Waals surface area contributed by atoms with Gasteiger partial charge in [-0.05, 0) is 86.8 Å². The van der Waals surface area contributed by atoms with Crippen LogP contribution in [0.5, 0.6) is 5.75 Å². The number of carbonyl (C=O) groups is 1. The highest BCUT2D eigenvalue weighted by Gasteiger charge is 2.44. The van der Waals surface area contributed by atoms with E-state index in [1.165, 1.54) is 45.8 Å². The molecule has 2 aliphatic heterocycles. The Morgan fingerprint density at radius 2 is 1.08 bits per heavy atom. The van der Waals surface area contributed by atoms with Gasteiger partial charge in [-0.15, -0.1) is 5.26 Å². The zero-order chi connectivity index (χ0) is 49.9. The number of carbonyl (C=O) groups excluding carboxylic acids is 1. The molecule has 0 unspecified atom stereocenters. The molecular formula is C44H62F2N8O10S2. The van der Waals surface area contributed by atoms with Gasteiger partial charge in [-0.3, -0.25) is 9.36 Å². The van der Waals surface area contributed by atoms with Crippen LogP contribution in [0.3, 0.4) is 0 Å². The van der Waals surface area contributed by atoms with Crippen molar-refractivity contribution in [1.82, 2.24) is 24.3 Å². The number of nitrogens with two attached hydrogens (primary N) is 1. The number of primary sulfonamides is 1. The fraction of sp³-hybridized carbons (Fsp3) is 0.545. The molecule has 0 saturated carbocycles. The molecule has 0 bridgehead atoms. The molecule has 6 rings (SSSR count). The summed E-state index contributed by atoms with van der Waals surface area (Å²) in [5.41, 5.74) is 1.20. The number of anilines is 1. The standard InChI is InChI=1S/C22H31FN4O5S.C13H16FNO.C9H15N3O4S/c1-12(2)16-7-15(23)8-17(13(3)4)20(16)24-21(28)26-33(30,31)19-9-18(22(29)10-32-11-22)27(25-19)14(5)6;1-8(2)11-5-10(14)6-12(9(3)4)13(11)16-7-15;1-6(2)12-7(9(13)4-16-5-9)3-8(11-12)17(10,14)15/h7-9,12-14,29H,10-11H2,1-6H3,(H2,24,26,28);5-6,8-9H,1-4H3;3,6,13H,4-5H2,1-2H3,(H2,10,14,15). The first-order chi connectivity index (χ1) is 30.5. The number of halogens is 2. The summed E-state index contributed by atoms with van der Waals surface area (Å²) < 4.78 is 95.7. The van der Waals surface area contributed by atoms with Gasteiger partial charge in [0.25, 0.3) is 26.3 Å². The monoisotopic (exact) mass is 964 g/mol. The van der Waals surface area contributed by atoms with Crippen molar-refractivity contribution in [3.8, 4) is 12.0 Å². The average molecular weight is 965 g/mol. The third-order valence-corrected chi connectivity index (χ3v) is 12.7. The van der Waals surface area contributed by atoms with Gasteiger partial charge in [-0.25, -0.2) is 31.9 Å². The molecule has 22 heteroatoms. The topological polar surface area (TPSA) is 263 Å². The van der Waals surface area contributed by atoms with Crippen LogP contribution in [0.15, 0.2) is 46.5 Å². The number of rotatable bonds is 13. The second-order valence-electron chi connectivity index (χ2n) is 18.2. The molecule has 364 valence electrons. The molecule has 4 heterocycles. The largest absolute Gasteiger partial charge is 0.387 e. The molecular weight excluding hydrogens is 903 g/mol. The van der Waals surface area contributed by atoms with E-state index in [1.54, 1.807) is 20.1 Å². The lowest BCUT2D eigenvalue weighted by Gasteiger charge is -2.36. The van der Waals surface area contributed by atoms with Gasteiger partial charge in [0, 0.05) is 41.0 Å². The molecule has 18 nitrogen and oxygen atoms in total. The van der Waals surface area contributed by atoms with E-state index < -0.39 is 48.1 Å². The van der Waals surface area contributed by atoms with Crippen molar-refractivity contribution in [2.24, 2.45) is 5.14 Å². The number of ether oxygens (including phenoxy) is 3. The van der Waals surface area contributed by atoms with E-state index in [0.717, 1.165) is 11.1 Å². The molecule has 2 saturated heterocycles. The van der Waals surface area contributed by atoms with Gasteiger partial charge in [-0.1, -0.05) is 55.4 Å². The minimum atomic E-state index is -4.35. The van der Waals surface area contributed by atoms with Crippen LogP contribution in [0.2, 0.25) is 0 Å². The van der Waals surface area contributed by atoms with Crippen molar-refractivity contribution in [2.45, 2.75) is 140 Å². The van der Waals surface area contributed by atoms with E-state index in [0.29, 0.717) is 34.0 Å². The summed E-state index contributed by atoms with van der Waals surface area (Å²) in [6.07, 6.45) is 1.67.